The minimum Gasteiger partial charge on any atom is -0.481 e. The molecule has 0 aliphatic carbocycles. The van der Waals surface area contributed by atoms with E-state index in [-0.39, 0.29) is 24.5 Å². The van der Waals surface area contributed by atoms with Crippen molar-refractivity contribution < 1.29 is 23.8 Å². The number of likely N-dealkylation sites (tertiary alicyclic amines) is 1. The van der Waals surface area contributed by atoms with Crippen molar-refractivity contribution in [2.75, 3.05) is 25.2 Å². The fourth-order valence-corrected chi connectivity index (χ4v) is 3.71. The maximum Gasteiger partial charge on any atom is 0.263 e. The quantitative estimate of drug-likeness (QED) is 0.818. The van der Waals surface area contributed by atoms with E-state index in [1.54, 1.807) is 30.0 Å². The number of amides is 2. The van der Waals surface area contributed by atoms with Gasteiger partial charge in [0.1, 0.15) is 5.75 Å². The number of benzene rings is 2. The molecule has 158 valence electrons. The predicted octanol–water partition coefficient (Wildman–Crippen LogP) is 3.37. The van der Waals surface area contributed by atoms with Crippen LogP contribution in [0, 0.1) is 12.8 Å². The molecule has 1 N–H and O–H groups in total. The lowest BCUT2D eigenvalue weighted by atomic mass is 9.95. The lowest BCUT2D eigenvalue weighted by Gasteiger charge is -2.33. The first-order valence-electron chi connectivity index (χ1n) is 10.2. The molecule has 30 heavy (non-hydrogen) atoms. The Morgan fingerprint density at radius 1 is 1.07 bits per heavy atom. The molecule has 0 unspecified atom stereocenters. The number of ether oxygens (including phenoxy) is 3. The molecule has 4 rings (SSSR count). The van der Waals surface area contributed by atoms with Crippen LogP contribution in [-0.4, -0.2) is 42.7 Å². The van der Waals surface area contributed by atoms with Crippen molar-refractivity contribution in [2.45, 2.75) is 32.8 Å². The van der Waals surface area contributed by atoms with E-state index in [1.165, 1.54) is 0 Å². The number of nitrogens with one attached hydrogen (secondary N) is 1. The van der Waals surface area contributed by atoms with Gasteiger partial charge in [-0.3, -0.25) is 9.59 Å². The van der Waals surface area contributed by atoms with Crippen LogP contribution in [0.3, 0.4) is 0 Å². The number of nitrogens with zero attached hydrogens (tertiary/aromatic N) is 1. The molecule has 7 nitrogen and oxygen atoms in total. The van der Waals surface area contributed by atoms with Crippen LogP contribution in [0.4, 0.5) is 5.69 Å². The molecular formula is C23H26N2O5. The minimum absolute atomic E-state index is 0.0371. The molecule has 0 aromatic heterocycles. The van der Waals surface area contributed by atoms with Gasteiger partial charge in [0.25, 0.3) is 5.91 Å². The highest BCUT2D eigenvalue weighted by Crippen LogP contribution is 2.34. The lowest BCUT2D eigenvalue weighted by Crippen LogP contribution is -2.46. The zero-order valence-corrected chi connectivity index (χ0v) is 17.2. The van der Waals surface area contributed by atoms with Crippen molar-refractivity contribution in [1.29, 1.82) is 0 Å². The number of fused-ring (bicyclic) bond motifs is 1. The molecule has 2 aromatic rings. The van der Waals surface area contributed by atoms with E-state index in [0.717, 1.165) is 5.56 Å². The zero-order chi connectivity index (χ0) is 21.1. The second-order valence-corrected chi connectivity index (χ2v) is 7.73. The maximum atomic E-state index is 12.7. The van der Waals surface area contributed by atoms with Gasteiger partial charge in [0.15, 0.2) is 17.6 Å². The summed E-state index contributed by atoms with van der Waals surface area (Å²) in [4.78, 5) is 27.1. The second kappa shape index (κ2) is 8.65. The summed E-state index contributed by atoms with van der Waals surface area (Å²) in [5.74, 6) is 1.78. The first-order chi connectivity index (χ1) is 14.5. The molecule has 1 saturated heterocycles. The van der Waals surface area contributed by atoms with Crippen molar-refractivity contribution in [3.63, 3.8) is 0 Å². The molecule has 2 aliphatic heterocycles. The normalized spacial score (nSPS) is 16.8. The lowest BCUT2D eigenvalue weighted by molar-refractivity contribution is -0.140. The maximum absolute atomic E-state index is 12.7. The minimum atomic E-state index is -0.563. The van der Waals surface area contributed by atoms with E-state index in [9.17, 15) is 9.59 Å². The summed E-state index contributed by atoms with van der Waals surface area (Å²) in [5.41, 5.74) is 1.82. The van der Waals surface area contributed by atoms with Crippen molar-refractivity contribution in [3.8, 4) is 17.2 Å². The molecule has 0 spiro atoms. The van der Waals surface area contributed by atoms with Crippen LogP contribution in [0.2, 0.25) is 0 Å². The number of hydrogen-bond acceptors (Lipinski definition) is 5. The number of carbonyl (C=O) groups excluding carboxylic acids is 2. The highest BCUT2D eigenvalue weighted by molar-refractivity contribution is 5.93. The summed E-state index contributed by atoms with van der Waals surface area (Å²) in [7, 11) is 0. The van der Waals surface area contributed by atoms with Crippen LogP contribution in [-0.2, 0) is 9.59 Å². The summed E-state index contributed by atoms with van der Waals surface area (Å²) in [6, 6.07) is 13.0. The van der Waals surface area contributed by atoms with Crippen LogP contribution in [0.15, 0.2) is 42.5 Å². The van der Waals surface area contributed by atoms with Crippen LogP contribution in [0.5, 0.6) is 17.2 Å². The summed E-state index contributed by atoms with van der Waals surface area (Å²) in [6.07, 6.45) is 0.686. The van der Waals surface area contributed by atoms with E-state index < -0.39 is 6.10 Å². The van der Waals surface area contributed by atoms with Gasteiger partial charge in [-0.25, -0.2) is 0 Å². The van der Waals surface area contributed by atoms with Gasteiger partial charge in [-0.2, -0.15) is 0 Å². The van der Waals surface area contributed by atoms with E-state index >= 15 is 0 Å². The number of aryl methyl sites for hydroxylation is 1. The largest absolute Gasteiger partial charge is 0.481 e. The third-order valence-electron chi connectivity index (χ3n) is 5.50. The second-order valence-electron chi connectivity index (χ2n) is 7.73. The molecule has 0 bridgehead atoms. The smallest absolute Gasteiger partial charge is 0.263 e. The van der Waals surface area contributed by atoms with Crippen LogP contribution in [0.25, 0.3) is 0 Å². The first-order valence-corrected chi connectivity index (χ1v) is 10.2. The van der Waals surface area contributed by atoms with E-state index in [2.05, 4.69) is 5.32 Å². The van der Waals surface area contributed by atoms with Gasteiger partial charge >= 0.3 is 0 Å². The van der Waals surface area contributed by atoms with Crippen LogP contribution >= 0.6 is 0 Å². The number of piperidine rings is 1. The zero-order valence-electron chi connectivity index (χ0n) is 17.2. The number of hydrogen-bond donors (Lipinski definition) is 1. The standard InChI is InChI=1S/C23H26N2O5/c1-15-3-6-19(7-4-15)30-16(2)23(27)25-11-9-17(10-12-25)22(26)24-18-5-8-20-21(13-18)29-14-28-20/h3-8,13,16-17H,9-12,14H2,1-2H3,(H,24,26)/t16-/m0/s1. The number of carbonyl (C=O) groups is 2. The van der Waals surface area contributed by atoms with Crippen LogP contribution < -0.4 is 19.5 Å². The molecule has 1 fully saturated rings. The Hall–Kier alpha value is -3.22. The summed E-state index contributed by atoms with van der Waals surface area (Å²) >= 11 is 0. The number of rotatable bonds is 5. The SMILES string of the molecule is Cc1ccc(O[C@@H](C)C(=O)N2CCC(C(=O)Nc3ccc4c(c3)OCO4)CC2)cc1. The van der Waals surface area contributed by atoms with Gasteiger partial charge in [0.05, 0.1) is 0 Å². The average Bonchev–Trinajstić information content (AvgIpc) is 3.23. The van der Waals surface area contributed by atoms with Crippen molar-refractivity contribution in [1.82, 2.24) is 4.90 Å². The highest BCUT2D eigenvalue weighted by atomic mass is 16.7. The molecule has 2 amide bonds. The van der Waals surface area contributed by atoms with Gasteiger partial charge < -0.3 is 24.4 Å². The van der Waals surface area contributed by atoms with Gasteiger partial charge in [0.2, 0.25) is 12.7 Å². The Labute approximate surface area is 175 Å². The average molecular weight is 410 g/mol. The summed E-state index contributed by atoms with van der Waals surface area (Å²) < 4.78 is 16.4. The third kappa shape index (κ3) is 4.50. The number of anilines is 1. The van der Waals surface area contributed by atoms with Gasteiger partial charge in [-0.05, 0) is 51.0 Å². The summed E-state index contributed by atoms with van der Waals surface area (Å²) in [6.45, 7) is 5.05. The Bertz CT molecular complexity index is 920. The Morgan fingerprint density at radius 3 is 2.50 bits per heavy atom. The van der Waals surface area contributed by atoms with Crippen molar-refractivity contribution >= 4 is 17.5 Å². The molecule has 1 atom stereocenters. The molecular weight excluding hydrogens is 384 g/mol. The van der Waals surface area contributed by atoms with Crippen molar-refractivity contribution in [2.24, 2.45) is 5.92 Å². The fraction of sp³-hybridized carbons (Fsp3) is 0.391. The Kier molecular flexibility index (Phi) is 5.79. The summed E-state index contributed by atoms with van der Waals surface area (Å²) in [5, 5.41) is 2.94. The van der Waals surface area contributed by atoms with Crippen molar-refractivity contribution in [3.05, 3.63) is 48.0 Å². The third-order valence-corrected chi connectivity index (χ3v) is 5.50. The van der Waals surface area contributed by atoms with Gasteiger partial charge in [0, 0.05) is 30.8 Å². The predicted molar refractivity (Wildman–Crippen MR) is 112 cm³/mol. The van der Waals surface area contributed by atoms with E-state index in [4.69, 9.17) is 14.2 Å². The Morgan fingerprint density at radius 2 is 1.77 bits per heavy atom. The fourth-order valence-electron chi connectivity index (χ4n) is 3.71. The molecule has 0 radical (unpaired) electrons. The molecule has 0 saturated carbocycles. The van der Waals surface area contributed by atoms with Gasteiger partial charge in [-0.15, -0.1) is 0 Å². The van der Waals surface area contributed by atoms with E-state index in [1.807, 2.05) is 31.2 Å². The van der Waals surface area contributed by atoms with Gasteiger partial charge in [-0.1, -0.05) is 17.7 Å². The van der Waals surface area contributed by atoms with Crippen LogP contribution in [0.1, 0.15) is 25.3 Å². The highest BCUT2D eigenvalue weighted by Gasteiger charge is 2.30. The monoisotopic (exact) mass is 410 g/mol. The topological polar surface area (TPSA) is 77.1 Å². The molecule has 2 aromatic carbocycles. The molecule has 2 aliphatic rings. The molecule has 7 heteroatoms. The van der Waals surface area contributed by atoms with E-state index in [0.29, 0.717) is 48.9 Å². The first kappa shape index (κ1) is 20.1. The molecule has 2 heterocycles. The Balaban J connectivity index is 1.27.